The lowest BCUT2D eigenvalue weighted by atomic mass is 10.2. The fourth-order valence-electron chi connectivity index (χ4n) is 1.63. The van der Waals surface area contributed by atoms with Gasteiger partial charge in [0.1, 0.15) is 6.04 Å². The molecule has 0 aliphatic rings. The molecule has 0 heterocycles. The van der Waals surface area contributed by atoms with Gasteiger partial charge in [-0.2, -0.15) is 0 Å². The van der Waals surface area contributed by atoms with E-state index in [9.17, 15) is 9.59 Å². The molecular formula is C14H20N2O5. The van der Waals surface area contributed by atoms with Crippen LogP contribution in [0.5, 0.6) is 11.5 Å². The number of hydrogen-bond acceptors (Lipinski definition) is 4. The molecule has 7 nitrogen and oxygen atoms in total. The van der Waals surface area contributed by atoms with Gasteiger partial charge in [0, 0.05) is 13.6 Å². The van der Waals surface area contributed by atoms with E-state index in [-0.39, 0.29) is 6.54 Å². The molecule has 2 amide bonds. The number of methoxy groups -OCH3 is 2. The monoisotopic (exact) mass is 296 g/mol. The first-order chi connectivity index (χ1) is 9.90. The number of nitrogens with one attached hydrogen (secondary N) is 1. The van der Waals surface area contributed by atoms with Crippen LogP contribution >= 0.6 is 0 Å². The fourth-order valence-corrected chi connectivity index (χ4v) is 1.63. The summed E-state index contributed by atoms with van der Waals surface area (Å²) in [4.78, 5) is 23.8. The Hall–Kier alpha value is -2.44. The van der Waals surface area contributed by atoms with Crippen LogP contribution in [-0.2, 0) is 11.3 Å². The molecule has 0 saturated carbocycles. The van der Waals surface area contributed by atoms with Crippen molar-refractivity contribution in [2.75, 3.05) is 21.3 Å². The predicted octanol–water partition coefficient (Wildman–Crippen LogP) is 1.32. The third-order valence-electron chi connectivity index (χ3n) is 3.15. The number of benzene rings is 1. The van der Waals surface area contributed by atoms with Crippen LogP contribution in [0.4, 0.5) is 4.79 Å². The molecule has 2 N–H and O–H groups in total. The summed E-state index contributed by atoms with van der Waals surface area (Å²) in [6, 6.07) is 3.93. The zero-order chi connectivity index (χ0) is 16.0. The Balaban J connectivity index is 2.67. The molecule has 0 spiro atoms. The fraction of sp³-hybridized carbons (Fsp3) is 0.429. The second kappa shape index (κ2) is 7.37. The number of rotatable bonds is 6. The third-order valence-corrected chi connectivity index (χ3v) is 3.15. The van der Waals surface area contributed by atoms with Gasteiger partial charge in [-0.1, -0.05) is 6.07 Å². The first-order valence-electron chi connectivity index (χ1n) is 6.35. The highest BCUT2D eigenvalue weighted by Crippen LogP contribution is 2.27. The number of nitrogens with zero attached hydrogens (tertiary/aromatic N) is 1. The van der Waals surface area contributed by atoms with Crippen LogP contribution in [0.2, 0.25) is 0 Å². The summed E-state index contributed by atoms with van der Waals surface area (Å²) in [5.74, 6) is 0.111. The van der Waals surface area contributed by atoms with Gasteiger partial charge in [-0.3, -0.25) is 0 Å². The van der Waals surface area contributed by atoms with Crippen molar-refractivity contribution in [2.45, 2.75) is 19.5 Å². The van der Waals surface area contributed by atoms with E-state index in [0.29, 0.717) is 11.5 Å². The molecule has 1 aromatic rings. The largest absolute Gasteiger partial charge is 0.493 e. The molecule has 1 rings (SSSR count). The van der Waals surface area contributed by atoms with Crippen molar-refractivity contribution in [1.29, 1.82) is 0 Å². The van der Waals surface area contributed by atoms with E-state index in [4.69, 9.17) is 14.6 Å². The minimum Gasteiger partial charge on any atom is -0.493 e. The summed E-state index contributed by atoms with van der Waals surface area (Å²) in [5, 5.41) is 11.5. The molecule has 0 fully saturated rings. The van der Waals surface area contributed by atoms with Gasteiger partial charge < -0.3 is 24.8 Å². The average Bonchev–Trinajstić information content (AvgIpc) is 2.50. The van der Waals surface area contributed by atoms with Crippen molar-refractivity contribution >= 4 is 12.0 Å². The van der Waals surface area contributed by atoms with E-state index in [1.807, 2.05) is 0 Å². The van der Waals surface area contributed by atoms with Gasteiger partial charge in [0.05, 0.1) is 14.2 Å². The molecule has 0 aliphatic carbocycles. The highest BCUT2D eigenvalue weighted by Gasteiger charge is 2.21. The number of carbonyl (C=O) groups excluding carboxylic acids is 1. The van der Waals surface area contributed by atoms with E-state index >= 15 is 0 Å². The summed E-state index contributed by atoms with van der Waals surface area (Å²) < 4.78 is 10.3. The molecule has 21 heavy (non-hydrogen) atoms. The molecule has 116 valence electrons. The van der Waals surface area contributed by atoms with E-state index in [1.165, 1.54) is 21.1 Å². The zero-order valence-corrected chi connectivity index (χ0v) is 12.5. The number of ether oxygens (including phenoxy) is 2. The van der Waals surface area contributed by atoms with Crippen LogP contribution in [0.25, 0.3) is 0 Å². The van der Waals surface area contributed by atoms with Crippen molar-refractivity contribution in [2.24, 2.45) is 0 Å². The van der Waals surface area contributed by atoms with E-state index < -0.39 is 18.0 Å². The SMILES string of the molecule is COc1ccc(CNC(=O)N(C)C(C)C(=O)O)cc1OC. The Kier molecular flexibility index (Phi) is 5.83. The number of carboxylic acids is 1. The smallest absolute Gasteiger partial charge is 0.326 e. The summed E-state index contributed by atoms with van der Waals surface area (Å²) >= 11 is 0. The number of carboxylic acid groups (broad SMARTS) is 1. The van der Waals surface area contributed by atoms with Crippen molar-refractivity contribution in [3.63, 3.8) is 0 Å². The maximum Gasteiger partial charge on any atom is 0.326 e. The molecule has 0 aliphatic heterocycles. The molecular weight excluding hydrogens is 276 g/mol. The predicted molar refractivity (Wildman–Crippen MR) is 76.6 cm³/mol. The number of likely N-dealkylation sites (N-methyl/N-ethyl adjacent to an activating group) is 1. The quantitative estimate of drug-likeness (QED) is 0.826. The van der Waals surface area contributed by atoms with Crippen LogP contribution in [-0.4, -0.2) is 49.3 Å². The van der Waals surface area contributed by atoms with Gasteiger partial charge >= 0.3 is 12.0 Å². The van der Waals surface area contributed by atoms with Crippen molar-refractivity contribution in [3.05, 3.63) is 23.8 Å². The number of carbonyl (C=O) groups is 2. The molecule has 7 heteroatoms. The van der Waals surface area contributed by atoms with Gasteiger partial charge in [0.25, 0.3) is 0 Å². The van der Waals surface area contributed by atoms with Crippen molar-refractivity contribution in [3.8, 4) is 11.5 Å². The Morgan fingerprint density at radius 1 is 1.29 bits per heavy atom. The third kappa shape index (κ3) is 4.27. The van der Waals surface area contributed by atoms with Crippen LogP contribution in [0.1, 0.15) is 12.5 Å². The molecule has 1 aromatic carbocycles. The topological polar surface area (TPSA) is 88.1 Å². The Morgan fingerprint density at radius 3 is 2.43 bits per heavy atom. The lowest BCUT2D eigenvalue weighted by Crippen LogP contribution is -2.45. The lowest BCUT2D eigenvalue weighted by Gasteiger charge is -2.22. The summed E-state index contributed by atoms with van der Waals surface area (Å²) in [7, 11) is 4.51. The van der Waals surface area contributed by atoms with Gasteiger partial charge in [0.15, 0.2) is 11.5 Å². The number of urea groups is 1. The van der Waals surface area contributed by atoms with Crippen LogP contribution in [0.3, 0.4) is 0 Å². The molecule has 0 aromatic heterocycles. The van der Waals surface area contributed by atoms with Gasteiger partial charge in [-0.05, 0) is 24.6 Å². The molecule has 0 radical (unpaired) electrons. The molecule has 1 unspecified atom stereocenters. The summed E-state index contributed by atoms with van der Waals surface area (Å²) in [6.07, 6.45) is 0. The highest BCUT2D eigenvalue weighted by molar-refractivity contribution is 5.82. The zero-order valence-electron chi connectivity index (χ0n) is 12.5. The highest BCUT2D eigenvalue weighted by atomic mass is 16.5. The average molecular weight is 296 g/mol. The van der Waals surface area contributed by atoms with Gasteiger partial charge in [-0.15, -0.1) is 0 Å². The molecule has 0 bridgehead atoms. The van der Waals surface area contributed by atoms with Crippen LogP contribution in [0.15, 0.2) is 18.2 Å². The standard InChI is InChI=1S/C14H20N2O5/c1-9(13(17)18)16(2)14(19)15-8-10-5-6-11(20-3)12(7-10)21-4/h5-7,9H,8H2,1-4H3,(H,15,19)(H,17,18). The van der Waals surface area contributed by atoms with E-state index in [1.54, 1.807) is 25.3 Å². The second-order valence-electron chi connectivity index (χ2n) is 4.47. The normalized spacial score (nSPS) is 11.4. The van der Waals surface area contributed by atoms with E-state index in [0.717, 1.165) is 10.5 Å². The molecule has 0 saturated heterocycles. The molecule has 1 atom stereocenters. The van der Waals surface area contributed by atoms with Crippen molar-refractivity contribution in [1.82, 2.24) is 10.2 Å². The van der Waals surface area contributed by atoms with E-state index in [2.05, 4.69) is 5.32 Å². The van der Waals surface area contributed by atoms with Crippen LogP contribution in [0, 0.1) is 0 Å². The minimum atomic E-state index is -1.06. The number of amides is 2. The van der Waals surface area contributed by atoms with Crippen molar-refractivity contribution < 1.29 is 24.2 Å². The number of aliphatic carboxylic acids is 1. The summed E-state index contributed by atoms with van der Waals surface area (Å²) in [5.41, 5.74) is 0.817. The van der Waals surface area contributed by atoms with Gasteiger partial charge in [0.2, 0.25) is 0 Å². The Morgan fingerprint density at radius 2 is 1.90 bits per heavy atom. The van der Waals surface area contributed by atoms with Crippen LogP contribution < -0.4 is 14.8 Å². The Bertz CT molecular complexity index is 518. The second-order valence-corrected chi connectivity index (χ2v) is 4.47. The summed E-state index contributed by atoms with van der Waals surface area (Å²) in [6.45, 7) is 1.70. The van der Waals surface area contributed by atoms with Gasteiger partial charge in [-0.25, -0.2) is 9.59 Å². The number of hydrogen-bond donors (Lipinski definition) is 2. The maximum atomic E-state index is 11.8. The lowest BCUT2D eigenvalue weighted by molar-refractivity contribution is -0.141. The minimum absolute atomic E-state index is 0.260. The maximum absolute atomic E-state index is 11.8. The Labute approximate surface area is 123 Å². The first-order valence-corrected chi connectivity index (χ1v) is 6.35. The first kappa shape index (κ1) is 16.6.